The van der Waals surface area contributed by atoms with Gasteiger partial charge in [0.25, 0.3) is 0 Å². The summed E-state index contributed by atoms with van der Waals surface area (Å²) in [5.41, 5.74) is 5.61. The van der Waals surface area contributed by atoms with Crippen LogP contribution in [0.4, 0.5) is 5.69 Å². The number of nitrogen functional groups attached to an aromatic ring is 1. The number of aromatic nitrogens is 2. The standard InChI is InChI=1S/C7H9N3O3/c1-12-6(11)5-4(8)3-9-7(10-5)13-2/h3H,8H2,1-2H3. The molecule has 0 spiro atoms. The first kappa shape index (κ1) is 9.24. The lowest BCUT2D eigenvalue weighted by Gasteiger charge is -2.03. The molecule has 2 N–H and O–H groups in total. The smallest absolute Gasteiger partial charge is 0.359 e. The Morgan fingerprint density at radius 2 is 2.23 bits per heavy atom. The van der Waals surface area contributed by atoms with Gasteiger partial charge in [0.2, 0.25) is 0 Å². The van der Waals surface area contributed by atoms with Crippen LogP contribution in [0.5, 0.6) is 6.01 Å². The van der Waals surface area contributed by atoms with Crippen molar-refractivity contribution >= 4 is 11.7 Å². The molecule has 0 unspecified atom stereocenters. The van der Waals surface area contributed by atoms with E-state index in [9.17, 15) is 4.79 Å². The van der Waals surface area contributed by atoms with E-state index in [0.717, 1.165) is 0 Å². The molecule has 0 saturated heterocycles. The molecule has 0 aliphatic rings. The molecule has 0 aliphatic heterocycles. The fourth-order valence-electron chi connectivity index (χ4n) is 0.733. The summed E-state index contributed by atoms with van der Waals surface area (Å²) in [4.78, 5) is 18.5. The molecule has 0 atom stereocenters. The molecule has 1 heterocycles. The Morgan fingerprint density at radius 1 is 1.54 bits per heavy atom. The Hall–Kier alpha value is -1.85. The second kappa shape index (κ2) is 3.70. The molecular weight excluding hydrogens is 174 g/mol. The highest BCUT2D eigenvalue weighted by molar-refractivity contribution is 5.92. The second-order valence-corrected chi connectivity index (χ2v) is 2.15. The average molecular weight is 183 g/mol. The molecule has 6 nitrogen and oxygen atoms in total. The Morgan fingerprint density at radius 3 is 2.77 bits per heavy atom. The fraction of sp³-hybridized carbons (Fsp3) is 0.286. The molecule has 0 aromatic carbocycles. The third-order valence-electron chi connectivity index (χ3n) is 1.36. The van der Waals surface area contributed by atoms with Gasteiger partial charge in [-0.25, -0.2) is 9.78 Å². The lowest BCUT2D eigenvalue weighted by molar-refractivity contribution is 0.0594. The number of carbonyl (C=O) groups is 1. The van der Waals surface area contributed by atoms with E-state index in [2.05, 4.69) is 14.7 Å². The summed E-state index contributed by atoms with van der Waals surface area (Å²) < 4.78 is 9.17. The highest BCUT2D eigenvalue weighted by Crippen LogP contribution is 2.11. The summed E-state index contributed by atoms with van der Waals surface area (Å²) in [5, 5.41) is 0. The van der Waals surface area contributed by atoms with Crippen LogP contribution in [0.25, 0.3) is 0 Å². The Labute approximate surface area is 74.7 Å². The minimum atomic E-state index is -0.613. The van der Waals surface area contributed by atoms with Gasteiger partial charge in [-0.05, 0) is 0 Å². The highest BCUT2D eigenvalue weighted by atomic mass is 16.5. The number of hydrogen-bond donors (Lipinski definition) is 1. The zero-order valence-electron chi connectivity index (χ0n) is 7.27. The van der Waals surface area contributed by atoms with Crippen LogP contribution in [-0.2, 0) is 4.74 Å². The number of esters is 1. The SMILES string of the molecule is COC(=O)c1nc(OC)ncc1N. The van der Waals surface area contributed by atoms with Crippen molar-refractivity contribution in [1.29, 1.82) is 0 Å². The van der Waals surface area contributed by atoms with E-state index in [1.165, 1.54) is 20.4 Å². The maximum atomic E-state index is 11.1. The number of carbonyl (C=O) groups excluding carboxylic acids is 1. The van der Waals surface area contributed by atoms with Crippen molar-refractivity contribution in [2.75, 3.05) is 20.0 Å². The van der Waals surface area contributed by atoms with E-state index < -0.39 is 5.97 Å². The van der Waals surface area contributed by atoms with E-state index in [1.54, 1.807) is 0 Å². The molecular formula is C7H9N3O3. The van der Waals surface area contributed by atoms with Crippen molar-refractivity contribution in [2.24, 2.45) is 0 Å². The van der Waals surface area contributed by atoms with Gasteiger partial charge in [0, 0.05) is 0 Å². The van der Waals surface area contributed by atoms with Crippen molar-refractivity contribution in [2.45, 2.75) is 0 Å². The molecule has 6 heteroatoms. The predicted molar refractivity (Wildman–Crippen MR) is 44.3 cm³/mol. The summed E-state index contributed by atoms with van der Waals surface area (Å²) >= 11 is 0. The number of anilines is 1. The largest absolute Gasteiger partial charge is 0.467 e. The van der Waals surface area contributed by atoms with E-state index in [4.69, 9.17) is 10.5 Å². The van der Waals surface area contributed by atoms with Gasteiger partial charge in [-0.15, -0.1) is 0 Å². The van der Waals surface area contributed by atoms with Crippen LogP contribution in [0.15, 0.2) is 6.20 Å². The molecule has 1 aromatic rings. The van der Waals surface area contributed by atoms with Gasteiger partial charge in [-0.3, -0.25) is 0 Å². The van der Waals surface area contributed by atoms with Crippen molar-refractivity contribution in [1.82, 2.24) is 9.97 Å². The van der Waals surface area contributed by atoms with Crippen molar-refractivity contribution in [3.05, 3.63) is 11.9 Å². The van der Waals surface area contributed by atoms with Gasteiger partial charge < -0.3 is 15.2 Å². The van der Waals surface area contributed by atoms with E-state index in [-0.39, 0.29) is 17.4 Å². The van der Waals surface area contributed by atoms with E-state index in [0.29, 0.717) is 0 Å². The number of rotatable bonds is 2. The normalized spacial score (nSPS) is 9.38. The molecule has 70 valence electrons. The first-order valence-electron chi connectivity index (χ1n) is 3.44. The number of nitrogens with zero attached hydrogens (tertiary/aromatic N) is 2. The summed E-state index contributed by atoms with van der Waals surface area (Å²) in [6, 6.07) is 0.0783. The Kier molecular flexibility index (Phi) is 2.63. The van der Waals surface area contributed by atoms with Crippen LogP contribution < -0.4 is 10.5 Å². The van der Waals surface area contributed by atoms with Crippen LogP contribution in [0, 0.1) is 0 Å². The van der Waals surface area contributed by atoms with Crippen LogP contribution in [0.3, 0.4) is 0 Å². The third kappa shape index (κ3) is 1.84. The minimum absolute atomic E-state index is 0.00866. The molecule has 0 aliphatic carbocycles. The number of nitrogens with two attached hydrogens (primary N) is 1. The van der Waals surface area contributed by atoms with Crippen molar-refractivity contribution in [3.63, 3.8) is 0 Å². The zero-order valence-corrected chi connectivity index (χ0v) is 7.27. The van der Waals surface area contributed by atoms with Gasteiger partial charge in [0.05, 0.1) is 26.1 Å². The Balaban J connectivity index is 3.11. The van der Waals surface area contributed by atoms with Gasteiger partial charge in [0.15, 0.2) is 5.69 Å². The molecule has 1 rings (SSSR count). The molecule has 0 fully saturated rings. The van der Waals surface area contributed by atoms with Crippen LogP contribution >= 0.6 is 0 Å². The van der Waals surface area contributed by atoms with Gasteiger partial charge in [-0.1, -0.05) is 0 Å². The minimum Gasteiger partial charge on any atom is -0.467 e. The Bertz CT molecular complexity index is 327. The first-order chi connectivity index (χ1) is 6.19. The molecule has 0 bridgehead atoms. The number of methoxy groups -OCH3 is 2. The van der Waals surface area contributed by atoms with E-state index in [1.807, 2.05) is 0 Å². The highest BCUT2D eigenvalue weighted by Gasteiger charge is 2.13. The fourth-order valence-corrected chi connectivity index (χ4v) is 0.733. The molecule has 1 aromatic heterocycles. The second-order valence-electron chi connectivity index (χ2n) is 2.15. The van der Waals surface area contributed by atoms with Crippen LogP contribution in [0.2, 0.25) is 0 Å². The lowest BCUT2D eigenvalue weighted by atomic mass is 10.3. The topological polar surface area (TPSA) is 87.3 Å². The lowest BCUT2D eigenvalue weighted by Crippen LogP contribution is -2.10. The quantitative estimate of drug-likeness (QED) is 0.642. The van der Waals surface area contributed by atoms with Crippen molar-refractivity contribution in [3.8, 4) is 6.01 Å². The summed E-state index contributed by atoms with van der Waals surface area (Å²) in [7, 11) is 2.64. The third-order valence-corrected chi connectivity index (χ3v) is 1.36. The monoisotopic (exact) mass is 183 g/mol. The zero-order chi connectivity index (χ0) is 9.84. The van der Waals surface area contributed by atoms with Gasteiger partial charge in [-0.2, -0.15) is 4.98 Å². The average Bonchev–Trinajstić information content (AvgIpc) is 2.17. The molecule has 13 heavy (non-hydrogen) atoms. The summed E-state index contributed by atoms with van der Waals surface area (Å²) in [5.74, 6) is -0.613. The van der Waals surface area contributed by atoms with Gasteiger partial charge >= 0.3 is 12.0 Å². The molecule has 0 saturated carbocycles. The molecule has 0 amide bonds. The maximum absolute atomic E-state index is 11.1. The maximum Gasteiger partial charge on any atom is 0.359 e. The number of hydrogen-bond acceptors (Lipinski definition) is 6. The molecule has 0 radical (unpaired) electrons. The van der Waals surface area contributed by atoms with Crippen LogP contribution in [-0.4, -0.2) is 30.2 Å². The van der Waals surface area contributed by atoms with Crippen LogP contribution in [0.1, 0.15) is 10.5 Å². The summed E-state index contributed by atoms with van der Waals surface area (Å²) in [6.45, 7) is 0. The van der Waals surface area contributed by atoms with E-state index >= 15 is 0 Å². The predicted octanol–water partition coefficient (Wildman–Crippen LogP) is -0.146. The summed E-state index contributed by atoms with van der Waals surface area (Å²) in [6.07, 6.45) is 1.29. The first-order valence-corrected chi connectivity index (χ1v) is 3.44. The van der Waals surface area contributed by atoms with Gasteiger partial charge in [0.1, 0.15) is 0 Å². The van der Waals surface area contributed by atoms with Crippen molar-refractivity contribution < 1.29 is 14.3 Å². The number of ether oxygens (including phenoxy) is 2.